The van der Waals surface area contributed by atoms with E-state index in [1.807, 2.05) is 18.2 Å². The molecule has 2 aliphatic rings. The maximum atomic E-state index is 6.15. The predicted molar refractivity (Wildman–Crippen MR) is 100 cm³/mol. The second kappa shape index (κ2) is 8.03. The Morgan fingerprint density at radius 2 is 2.08 bits per heavy atom. The number of morpholine rings is 1. The van der Waals surface area contributed by atoms with Gasteiger partial charge in [0, 0.05) is 18.1 Å². The third kappa shape index (κ3) is 3.77. The molecule has 1 aromatic heterocycles. The van der Waals surface area contributed by atoms with E-state index in [2.05, 4.69) is 38.1 Å². The van der Waals surface area contributed by atoms with Crippen molar-refractivity contribution in [2.24, 2.45) is 0 Å². The van der Waals surface area contributed by atoms with Crippen molar-refractivity contribution in [1.82, 2.24) is 25.1 Å². The van der Waals surface area contributed by atoms with Gasteiger partial charge in [-0.2, -0.15) is 0 Å². The summed E-state index contributed by atoms with van der Waals surface area (Å²) in [6, 6.07) is 8.56. The van der Waals surface area contributed by atoms with E-state index in [0.29, 0.717) is 12.6 Å². The lowest BCUT2D eigenvalue weighted by Crippen LogP contribution is -2.41. The van der Waals surface area contributed by atoms with Crippen LogP contribution >= 0.6 is 11.6 Å². The summed E-state index contributed by atoms with van der Waals surface area (Å²) in [7, 11) is 0. The van der Waals surface area contributed by atoms with Crippen molar-refractivity contribution in [2.75, 3.05) is 19.7 Å². The monoisotopic (exact) mass is 375 g/mol. The molecule has 6 nitrogen and oxygen atoms in total. The minimum absolute atomic E-state index is 0.0314. The fourth-order valence-electron chi connectivity index (χ4n) is 4.15. The van der Waals surface area contributed by atoms with Gasteiger partial charge < -0.3 is 4.74 Å². The standard InChI is InChI=1S/C19H26ClN5O/c1-14(19-21-22-23-25(19)17-8-3-2-4-9-17)24-10-11-26-18(13-24)15-6-5-7-16(20)12-15/h5-7,12,14,17-18H,2-4,8-11,13H2,1H3. The fraction of sp³-hybridized carbons (Fsp3) is 0.632. The van der Waals surface area contributed by atoms with Gasteiger partial charge in [-0.15, -0.1) is 5.10 Å². The minimum atomic E-state index is 0.0314. The van der Waals surface area contributed by atoms with Crippen LogP contribution in [0.3, 0.4) is 0 Å². The van der Waals surface area contributed by atoms with Crippen LogP contribution in [0.5, 0.6) is 0 Å². The van der Waals surface area contributed by atoms with Gasteiger partial charge in [-0.05, 0) is 47.9 Å². The highest BCUT2D eigenvalue weighted by atomic mass is 35.5. The van der Waals surface area contributed by atoms with Crippen LogP contribution in [0.25, 0.3) is 0 Å². The minimum Gasteiger partial charge on any atom is -0.371 e. The summed E-state index contributed by atoms with van der Waals surface area (Å²) in [5, 5.41) is 13.4. The predicted octanol–water partition coefficient (Wildman–Crippen LogP) is 3.97. The molecule has 0 amide bonds. The summed E-state index contributed by atoms with van der Waals surface area (Å²) in [4.78, 5) is 2.42. The van der Waals surface area contributed by atoms with Crippen molar-refractivity contribution < 1.29 is 4.74 Å². The zero-order chi connectivity index (χ0) is 17.9. The van der Waals surface area contributed by atoms with Crippen LogP contribution in [-0.2, 0) is 4.74 Å². The second-order valence-corrected chi connectivity index (χ2v) is 7.80. The van der Waals surface area contributed by atoms with Crippen molar-refractivity contribution in [3.63, 3.8) is 0 Å². The van der Waals surface area contributed by atoms with Crippen LogP contribution in [0.2, 0.25) is 5.02 Å². The lowest BCUT2D eigenvalue weighted by molar-refractivity contribution is -0.0450. The van der Waals surface area contributed by atoms with E-state index < -0.39 is 0 Å². The number of hydrogen-bond donors (Lipinski definition) is 0. The van der Waals surface area contributed by atoms with E-state index in [0.717, 1.165) is 29.5 Å². The van der Waals surface area contributed by atoms with Gasteiger partial charge in [-0.1, -0.05) is 43.0 Å². The topological polar surface area (TPSA) is 56.1 Å². The molecule has 26 heavy (non-hydrogen) atoms. The number of nitrogens with zero attached hydrogens (tertiary/aromatic N) is 5. The van der Waals surface area contributed by atoms with Crippen LogP contribution < -0.4 is 0 Å². The van der Waals surface area contributed by atoms with E-state index in [4.69, 9.17) is 16.3 Å². The highest BCUT2D eigenvalue weighted by Crippen LogP contribution is 2.32. The molecule has 1 aromatic carbocycles. The van der Waals surface area contributed by atoms with Crippen molar-refractivity contribution in [3.05, 3.63) is 40.7 Å². The lowest BCUT2D eigenvalue weighted by atomic mass is 9.95. The molecule has 2 unspecified atom stereocenters. The number of tetrazole rings is 1. The number of benzene rings is 1. The molecule has 1 saturated carbocycles. The summed E-state index contributed by atoms with van der Waals surface area (Å²) >= 11 is 6.15. The maximum absolute atomic E-state index is 6.15. The van der Waals surface area contributed by atoms with Gasteiger partial charge in [-0.25, -0.2) is 4.68 Å². The third-order valence-corrected chi connectivity index (χ3v) is 5.91. The van der Waals surface area contributed by atoms with E-state index in [-0.39, 0.29) is 12.1 Å². The summed E-state index contributed by atoms with van der Waals surface area (Å²) in [5.74, 6) is 0.976. The number of aromatic nitrogens is 4. The number of halogens is 1. The quantitative estimate of drug-likeness (QED) is 0.809. The molecule has 2 heterocycles. The zero-order valence-electron chi connectivity index (χ0n) is 15.2. The average molecular weight is 376 g/mol. The molecular formula is C19H26ClN5O. The molecule has 1 aliphatic heterocycles. The highest BCUT2D eigenvalue weighted by Gasteiger charge is 2.30. The first kappa shape index (κ1) is 17.9. The molecule has 0 N–H and O–H groups in total. The summed E-state index contributed by atoms with van der Waals surface area (Å²) in [6.07, 6.45) is 6.26. The normalized spacial score (nSPS) is 23.8. The van der Waals surface area contributed by atoms with E-state index in [9.17, 15) is 0 Å². The van der Waals surface area contributed by atoms with Gasteiger partial charge in [0.25, 0.3) is 0 Å². The van der Waals surface area contributed by atoms with Gasteiger partial charge in [0.2, 0.25) is 0 Å². The number of rotatable bonds is 4. The number of ether oxygens (including phenoxy) is 1. The Morgan fingerprint density at radius 3 is 2.88 bits per heavy atom. The molecule has 0 radical (unpaired) electrons. The van der Waals surface area contributed by atoms with Crippen molar-refractivity contribution in [2.45, 2.75) is 57.2 Å². The molecule has 7 heteroatoms. The van der Waals surface area contributed by atoms with Gasteiger partial charge in [0.15, 0.2) is 5.82 Å². The smallest absolute Gasteiger partial charge is 0.168 e. The van der Waals surface area contributed by atoms with Crippen LogP contribution in [0, 0.1) is 0 Å². The van der Waals surface area contributed by atoms with Gasteiger partial charge >= 0.3 is 0 Å². The first-order chi connectivity index (χ1) is 12.7. The molecule has 0 bridgehead atoms. The fourth-order valence-corrected chi connectivity index (χ4v) is 4.35. The first-order valence-corrected chi connectivity index (χ1v) is 9.99. The SMILES string of the molecule is CC(c1nnnn1C1CCCCC1)N1CCOC(c2cccc(Cl)c2)C1. The summed E-state index contributed by atoms with van der Waals surface area (Å²) in [5.41, 5.74) is 1.13. The molecule has 4 rings (SSSR count). The largest absolute Gasteiger partial charge is 0.371 e. The van der Waals surface area contributed by atoms with Crippen molar-refractivity contribution in [3.8, 4) is 0 Å². The Bertz CT molecular complexity index is 730. The second-order valence-electron chi connectivity index (χ2n) is 7.36. The van der Waals surface area contributed by atoms with Crippen molar-refractivity contribution in [1.29, 1.82) is 0 Å². The van der Waals surface area contributed by atoms with Crippen LogP contribution in [0.4, 0.5) is 0 Å². The van der Waals surface area contributed by atoms with Gasteiger partial charge in [-0.3, -0.25) is 4.90 Å². The molecule has 1 saturated heterocycles. The molecule has 2 atom stereocenters. The van der Waals surface area contributed by atoms with Gasteiger partial charge in [0.1, 0.15) is 0 Å². The van der Waals surface area contributed by atoms with Crippen LogP contribution in [0.15, 0.2) is 24.3 Å². The Kier molecular flexibility index (Phi) is 5.52. The molecule has 1 aliphatic carbocycles. The van der Waals surface area contributed by atoms with E-state index >= 15 is 0 Å². The Hall–Kier alpha value is -1.50. The Balaban J connectivity index is 1.49. The summed E-state index contributed by atoms with van der Waals surface area (Å²) in [6.45, 7) is 4.60. The molecule has 2 aromatic rings. The highest BCUT2D eigenvalue weighted by molar-refractivity contribution is 6.30. The van der Waals surface area contributed by atoms with Gasteiger partial charge in [0.05, 0.1) is 24.8 Å². The zero-order valence-corrected chi connectivity index (χ0v) is 16.0. The lowest BCUT2D eigenvalue weighted by Gasteiger charge is -2.37. The van der Waals surface area contributed by atoms with Crippen LogP contribution in [-0.4, -0.2) is 44.8 Å². The average Bonchev–Trinajstić information content (AvgIpc) is 3.18. The Labute approximate surface area is 159 Å². The molecular weight excluding hydrogens is 350 g/mol. The van der Waals surface area contributed by atoms with E-state index in [1.165, 1.54) is 32.1 Å². The molecule has 140 valence electrons. The molecule has 2 fully saturated rings. The first-order valence-electron chi connectivity index (χ1n) is 9.61. The van der Waals surface area contributed by atoms with E-state index in [1.54, 1.807) is 0 Å². The maximum Gasteiger partial charge on any atom is 0.168 e. The Morgan fingerprint density at radius 1 is 1.23 bits per heavy atom. The number of hydrogen-bond acceptors (Lipinski definition) is 5. The summed E-state index contributed by atoms with van der Waals surface area (Å²) < 4.78 is 8.08. The molecule has 0 spiro atoms. The van der Waals surface area contributed by atoms with Crippen molar-refractivity contribution >= 4 is 11.6 Å². The van der Waals surface area contributed by atoms with Crippen LogP contribution in [0.1, 0.15) is 68.6 Å². The third-order valence-electron chi connectivity index (χ3n) is 5.68.